The molecule has 18 heavy (non-hydrogen) atoms. The van der Waals surface area contributed by atoms with Crippen LogP contribution in [0, 0.1) is 12.8 Å². The fourth-order valence-corrected chi connectivity index (χ4v) is 1.69. The molecule has 0 radical (unpaired) electrons. The van der Waals surface area contributed by atoms with Gasteiger partial charge in [-0.25, -0.2) is 0 Å². The van der Waals surface area contributed by atoms with E-state index in [1.165, 1.54) is 12.0 Å². The zero-order chi connectivity index (χ0) is 13.7. The van der Waals surface area contributed by atoms with E-state index in [0.29, 0.717) is 12.1 Å². The van der Waals surface area contributed by atoms with E-state index in [-0.39, 0.29) is 17.8 Å². The first-order chi connectivity index (χ1) is 8.45. The number of carbonyl (C=O) groups is 2. The van der Waals surface area contributed by atoms with Crippen molar-refractivity contribution in [2.45, 2.75) is 13.8 Å². The molecular formula is C14H19NO3. The van der Waals surface area contributed by atoms with E-state index < -0.39 is 0 Å². The Labute approximate surface area is 108 Å². The Morgan fingerprint density at radius 2 is 1.83 bits per heavy atom. The van der Waals surface area contributed by atoms with Crippen LogP contribution in [0.4, 0.5) is 0 Å². The van der Waals surface area contributed by atoms with Gasteiger partial charge in [-0.2, -0.15) is 0 Å². The fourth-order valence-electron chi connectivity index (χ4n) is 1.69. The number of esters is 1. The van der Waals surface area contributed by atoms with Crippen molar-refractivity contribution in [3.8, 4) is 0 Å². The molecule has 0 aliphatic heterocycles. The van der Waals surface area contributed by atoms with Crippen LogP contribution in [0.15, 0.2) is 24.3 Å². The number of carbonyl (C=O) groups excluding carboxylic acids is 2. The number of benzene rings is 1. The molecule has 0 aromatic heterocycles. The van der Waals surface area contributed by atoms with Gasteiger partial charge >= 0.3 is 5.97 Å². The van der Waals surface area contributed by atoms with Crippen LogP contribution in [-0.2, 0) is 9.53 Å². The quantitative estimate of drug-likeness (QED) is 0.765. The molecule has 1 atom stereocenters. The molecule has 0 aliphatic carbocycles. The van der Waals surface area contributed by atoms with Gasteiger partial charge < -0.3 is 9.64 Å². The maximum Gasteiger partial charge on any atom is 0.310 e. The molecule has 0 bridgehead atoms. The summed E-state index contributed by atoms with van der Waals surface area (Å²) in [5, 5.41) is 0. The molecule has 0 aliphatic rings. The summed E-state index contributed by atoms with van der Waals surface area (Å²) >= 11 is 0. The number of aryl methyl sites for hydroxylation is 1. The van der Waals surface area contributed by atoms with Gasteiger partial charge in [0.05, 0.1) is 13.0 Å². The van der Waals surface area contributed by atoms with E-state index in [9.17, 15) is 9.59 Å². The Hall–Kier alpha value is -1.84. The normalized spacial score (nSPS) is 11.8. The monoisotopic (exact) mass is 249 g/mol. The third-order valence-corrected chi connectivity index (χ3v) is 2.80. The molecule has 1 amide bonds. The molecule has 0 N–H and O–H groups in total. The molecule has 98 valence electrons. The zero-order valence-electron chi connectivity index (χ0n) is 11.3. The lowest BCUT2D eigenvalue weighted by molar-refractivity contribution is -0.145. The minimum Gasteiger partial charge on any atom is -0.469 e. The molecular weight excluding hydrogens is 230 g/mol. The van der Waals surface area contributed by atoms with Crippen LogP contribution in [0.1, 0.15) is 22.8 Å². The number of rotatable bonds is 4. The van der Waals surface area contributed by atoms with Crippen LogP contribution in [0.25, 0.3) is 0 Å². The van der Waals surface area contributed by atoms with Gasteiger partial charge in [-0.1, -0.05) is 24.6 Å². The van der Waals surface area contributed by atoms with Crippen LogP contribution in [0.3, 0.4) is 0 Å². The number of hydrogen-bond donors (Lipinski definition) is 0. The summed E-state index contributed by atoms with van der Waals surface area (Å²) in [6.45, 7) is 4.06. The molecule has 1 rings (SSSR count). The lowest BCUT2D eigenvalue weighted by atomic mass is 10.1. The van der Waals surface area contributed by atoms with E-state index in [1.807, 2.05) is 19.1 Å². The van der Waals surface area contributed by atoms with Gasteiger partial charge in [0.1, 0.15) is 0 Å². The summed E-state index contributed by atoms with van der Waals surface area (Å²) in [4.78, 5) is 24.9. The minimum absolute atomic E-state index is 0.0919. The second-order valence-corrected chi connectivity index (χ2v) is 4.48. The first-order valence-corrected chi connectivity index (χ1v) is 5.85. The van der Waals surface area contributed by atoms with Crippen LogP contribution in [-0.4, -0.2) is 37.5 Å². The van der Waals surface area contributed by atoms with Crippen molar-refractivity contribution in [3.05, 3.63) is 35.4 Å². The van der Waals surface area contributed by atoms with Crippen molar-refractivity contribution < 1.29 is 14.3 Å². The van der Waals surface area contributed by atoms with Crippen molar-refractivity contribution in [1.82, 2.24) is 4.90 Å². The van der Waals surface area contributed by atoms with Gasteiger partial charge in [-0.05, 0) is 19.1 Å². The largest absolute Gasteiger partial charge is 0.469 e. The zero-order valence-corrected chi connectivity index (χ0v) is 11.3. The van der Waals surface area contributed by atoms with E-state index in [1.54, 1.807) is 26.1 Å². The smallest absolute Gasteiger partial charge is 0.310 e. The van der Waals surface area contributed by atoms with Crippen LogP contribution in [0.5, 0.6) is 0 Å². The molecule has 4 nitrogen and oxygen atoms in total. The molecule has 1 aromatic carbocycles. The van der Waals surface area contributed by atoms with Gasteiger partial charge in [-0.3, -0.25) is 9.59 Å². The number of ether oxygens (including phenoxy) is 1. The Balaban J connectivity index is 2.67. The number of hydrogen-bond acceptors (Lipinski definition) is 3. The highest BCUT2D eigenvalue weighted by Gasteiger charge is 2.19. The molecule has 0 fully saturated rings. The summed E-state index contributed by atoms with van der Waals surface area (Å²) in [6, 6.07) is 7.36. The maximum atomic E-state index is 12.1. The maximum absolute atomic E-state index is 12.1. The van der Waals surface area contributed by atoms with E-state index in [0.717, 1.165) is 5.56 Å². The first kappa shape index (κ1) is 14.2. The summed E-state index contributed by atoms with van der Waals surface area (Å²) in [6.07, 6.45) is 0. The van der Waals surface area contributed by atoms with Crippen molar-refractivity contribution in [2.24, 2.45) is 5.92 Å². The Kier molecular flexibility index (Phi) is 4.89. The summed E-state index contributed by atoms with van der Waals surface area (Å²) in [7, 11) is 3.03. The van der Waals surface area contributed by atoms with Gasteiger partial charge in [0, 0.05) is 19.2 Å². The first-order valence-electron chi connectivity index (χ1n) is 5.85. The van der Waals surface area contributed by atoms with Crippen molar-refractivity contribution >= 4 is 11.9 Å². The van der Waals surface area contributed by atoms with Crippen molar-refractivity contribution in [2.75, 3.05) is 20.7 Å². The van der Waals surface area contributed by atoms with Crippen LogP contribution in [0.2, 0.25) is 0 Å². The lowest BCUT2D eigenvalue weighted by Gasteiger charge is -2.20. The number of amides is 1. The summed E-state index contributed by atoms with van der Waals surface area (Å²) < 4.78 is 4.64. The second kappa shape index (κ2) is 6.19. The summed E-state index contributed by atoms with van der Waals surface area (Å²) in [5.74, 6) is -0.723. The molecule has 1 aromatic rings. The predicted molar refractivity (Wildman–Crippen MR) is 69.3 cm³/mol. The molecule has 1 unspecified atom stereocenters. The minimum atomic E-state index is -0.325. The SMILES string of the molecule is COC(=O)C(C)CN(C)C(=O)c1ccc(C)cc1. The van der Waals surface area contributed by atoms with Gasteiger partial charge in [0.25, 0.3) is 5.91 Å². The van der Waals surface area contributed by atoms with Crippen molar-refractivity contribution in [1.29, 1.82) is 0 Å². The van der Waals surface area contributed by atoms with Crippen molar-refractivity contribution in [3.63, 3.8) is 0 Å². The van der Waals surface area contributed by atoms with E-state index in [4.69, 9.17) is 0 Å². The number of nitrogens with zero attached hydrogens (tertiary/aromatic N) is 1. The van der Waals surface area contributed by atoms with Gasteiger partial charge in [0.15, 0.2) is 0 Å². The number of methoxy groups -OCH3 is 1. The fraction of sp³-hybridized carbons (Fsp3) is 0.429. The second-order valence-electron chi connectivity index (χ2n) is 4.48. The standard InChI is InChI=1S/C14H19NO3/c1-10-5-7-12(8-6-10)13(16)15(3)9-11(2)14(17)18-4/h5-8,11H,9H2,1-4H3. The van der Waals surface area contributed by atoms with Crippen LogP contribution >= 0.6 is 0 Å². The Morgan fingerprint density at radius 3 is 2.33 bits per heavy atom. The Bertz CT molecular complexity index is 425. The van der Waals surface area contributed by atoms with E-state index in [2.05, 4.69) is 4.74 Å². The predicted octanol–water partition coefficient (Wildman–Crippen LogP) is 1.88. The molecule has 0 saturated heterocycles. The Morgan fingerprint density at radius 1 is 1.28 bits per heavy atom. The average Bonchev–Trinajstić information content (AvgIpc) is 2.37. The highest BCUT2D eigenvalue weighted by molar-refractivity contribution is 5.94. The van der Waals surface area contributed by atoms with Crippen LogP contribution < -0.4 is 0 Å². The third kappa shape index (κ3) is 3.58. The lowest BCUT2D eigenvalue weighted by Crippen LogP contribution is -2.34. The highest BCUT2D eigenvalue weighted by atomic mass is 16.5. The average molecular weight is 249 g/mol. The van der Waals surface area contributed by atoms with Gasteiger partial charge in [-0.15, -0.1) is 0 Å². The third-order valence-electron chi connectivity index (χ3n) is 2.80. The molecule has 0 spiro atoms. The molecule has 0 heterocycles. The topological polar surface area (TPSA) is 46.6 Å². The van der Waals surface area contributed by atoms with Gasteiger partial charge in [0.2, 0.25) is 0 Å². The summed E-state index contributed by atoms with van der Waals surface area (Å²) in [5.41, 5.74) is 1.73. The molecule has 4 heteroatoms. The van der Waals surface area contributed by atoms with E-state index >= 15 is 0 Å². The highest BCUT2D eigenvalue weighted by Crippen LogP contribution is 2.08. The molecule has 0 saturated carbocycles.